The molecule has 0 heterocycles. The molecule has 112 valence electrons. The van der Waals surface area contributed by atoms with Crippen molar-refractivity contribution in [2.75, 3.05) is 0 Å². The van der Waals surface area contributed by atoms with Crippen LogP contribution in [-0.4, -0.2) is 0 Å². The molecule has 1 atom stereocenters. The van der Waals surface area contributed by atoms with E-state index < -0.39 is 0 Å². The minimum atomic E-state index is 0.729. The van der Waals surface area contributed by atoms with E-state index in [9.17, 15) is 0 Å². The van der Waals surface area contributed by atoms with Crippen LogP contribution in [0.5, 0.6) is 0 Å². The van der Waals surface area contributed by atoms with E-state index in [2.05, 4.69) is 52.5 Å². The Morgan fingerprint density at radius 2 is 1.80 bits per heavy atom. The molecule has 0 radical (unpaired) electrons. The Bertz CT molecular complexity index is 396. The fraction of sp³-hybridized carbons (Fsp3) is 0.600. The average Bonchev–Trinajstić information content (AvgIpc) is 2.38. The maximum atomic E-state index is 4.35. The molecule has 0 saturated carbocycles. The Labute approximate surface area is 126 Å². The molecule has 0 aromatic heterocycles. The first-order chi connectivity index (χ1) is 9.49. The third kappa shape index (κ3) is 6.93. The second-order valence-electron chi connectivity index (χ2n) is 6.64. The third-order valence-corrected chi connectivity index (χ3v) is 4.07. The van der Waals surface area contributed by atoms with Crippen molar-refractivity contribution in [3.05, 3.63) is 47.1 Å². The predicted octanol–water partition coefficient (Wildman–Crippen LogP) is 6.76. The summed E-state index contributed by atoms with van der Waals surface area (Å²) in [7, 11) is 0. The van der Waals surface area contributed by atoms with Gasteiger partial charge in [-0.15, -0.1) is 0 Å². The lowest BCUT2D eigenvalue weighted by Crippen LogP contribution is -2.09. The van der Waals surface area contributed by atoms with Crippen LogP contribution >= 0.6 is 0 Å². The van der Waals surface area contributed by atoms with Crippen LogP contribution in [0, 0.1) is 5.92 Å². The summed E-state index contributed by atoms with van der Waals surface area (Å²) in [5.41, 5.74) is 5.98. The molecule has 0 heteroatoms. The molecular weight excluding hydrogens is 240 g/mol. The van der Waals surface area contributed by atoms with E-state index in [4.69, 9.17) is 0 Å². The highest BCUT2D eigenvalue weighted by Gasteiger charge is 2.17. The molecule has 0 saturated heterocycles. The molecule has 0 N–H and O–H groups in total. The van der Waals surface area contributed by atoms with Crippen LogP contribution in [-0.2, 0) is 0 Å². The summed E-state index contributed by atoms with van der Waals surface area (Å²) in [5, 5.41) is 0. The van der Waals surface area contributed by atoms with E-state index in [-0.39, 0.29) is 0 Å². The highest BCUT2D eigenvalue weighted by molar-refractivity contribution is 5.15. The van der Waals surface area contributed by atoms with Crippen LogP contribution in [0.15, 0.2) is 47.1 Å². The largest absolute Gasteiger partial charge is 0.0996 e. The van der Waals surface area contributed by atoms with Gasteiger partial charge in [-0.1, -0.05) is 47.1 Å². The minimum Gasteiger partial charge on any atom is -0.0996 e. The average molecular weight is 272 g/mol. The van der Waals surface area contributed by atoms with Crippen molar-refractivity contribution in [2.45, 2.75) is 72.6 Å². The number of hydrogen-bond acceptors (Lipinski definition) is 0. The Hall–Kier alpha value is -1.04. The molecule has 20 heavy (non-hydrogen) atoms. The molecule has 1 aliphatic carbocycles. The van der Waals surface area contributed by atoms with Gasteiger partial charge in [-0.05, 0) is 78.6 Å². The number of rotatable bonds is 7. The summed E-state index contributed by atoms with van der Waals surface area (Å²) in [6, 6.07) is 0. The zero-order chi connectivity index (χ0) is 15.0. The maximum absolute atomic E-state index is 4.35. The van der Waals surface area contributed by atoms with E-state index in [0.29, 0.717) is 0 Å². The van der Waals surface area contributed by atoms with Crippen LogP contribution < -0.4 is 0 Å². The maximum Gasteiger partial charge on any atom is -0.0166 e. The molecular formula is C20H32. The quantitative estimate of drug-likeness (QED) is 0.449. The molecule has 0 fully saturated rings. The van der Waals surface area contributed by atoms with E-state index >= 15 is 0 Å². The van der Waals surface area contributed by atoms with Crippen molar-refractivity contribution in [3.8, 4) is 0 Å². The van der Waals surface area contributed by atoms with E-state index in [1.807, 2.05) is 0 Å². The molecule has 0 bridgehead atoms. The summed E-state index contributed by atoms with van der Waals surface area (Å²) in [6.07, 6.45) is 15.7. The summed E-state index contributed by atoms with van der Waals surface area (Å²) >= 11 is 0. The van der Waals surface area contributed by atoms with Gasteiger partial charge in [-0.3, -0.25) is 0 Å². The molecule has 0 unspecified atom stereocenters. The summed E-state index contributed by atoms with van der Waals surface area (Å²) in [5.74, 6) is 0.729. The van der Waals surface area contributed by atoms with E-state index in [1.54, 1.807) is 5.57 Å². The van der Waals surface area contributed by atoms with Crippen molar-refractivity contribution in [1.29, 1.82) is 0 Å². The van der Waals surface area contributed by atoms with Crippen molar-refractivity contribution >= 4 is 0 Å². The second kappa shape index (κ2) is 9.00. The fourth-order valence-corrected chi connectivity index (χ4v) is 2.84. The van der Waals surface area contributed by atoms with Gasteiger partial charge in [0.15, 0.2) is 0 Å². The van der Waals surface area contributed by atoms with Crippen LogP contribution in [0.3, 0.4) is 0 Å². The predicted molar refractivity (Wildman–Crippen MR) is 91.9 cm³/mol. The fourth-order valence-electron chi connectivity index (χ4n) is 2.84. The first-order valence-corrected chi connectivity index (χ1v) is 8.11. The number of allylic oxidation sites excluding steroid dienone is 7. The first-order valence-electron chi connectivity index (χ1n) is 8.11. The summed E-state index contributed by atoms with van der Waals surface area (Å²) in [6.45, 7) is 13.1. The molecule has 0 aliphatic heterocycles. The Balaban J connectivity index is 2.39. The lowest BCUT2D eigenvalue weighted by atomic mass is 9.81. The molecule has 0 aromatic carbocycles. The van der Waals surface area contributed by atoms with Gasteiger partial charge in [0.05, 0.1) is 0 Å². The smallest absolute Gasteiger partial charge is 0.0166 e. The van der Waals surface area contributed by atoms with Gasteiger partial charge in [0.2, 0.25) is 0 Å². The summed E-state index contributed by atoms with van der Waals surface area (Å²) in [4.78, 5) is 0. The van der Waals surface area contributed by atoms with E-state index in [1.165, 1.54) is 48.8 Å². The van der Waals surface area contributed by atoms with Gasteiger partial charge in [-0.25, -0.2) is 0 Å². The van der Waals surface area contributed by atoms with Crippen molar-refractivity contribution in [3.63, 3.8) is 0 Å². The topological polar surface area (TPSA) is 0 Å². The van der Waals surface area contributed by atoms with Crippen LogP contribution in [0.2, 0.25) is 0 Å². The van der Waals surface area contributed by atoms with Gasteiger partial charge >= 0.3 is 0 Å². The van der Waals surface area contributed by atoms with E-state index in [0.717, 1.165) is 18.8 Å². The Morgan fingerprint density at radius 1 is 1.15 bits per heavy atom. The SMILES string of the molecule is C=C(CCC=C(C)C)[C@@H]1CCC=C(CCC=C(C)C)C1. The summed E-state index contributed by atoms with van der Waals surface area (Å²) < 4.78 is 0. The van der Waals surface area contributed by atoms with Crippen LogP contribution in [0.4, 0.5) is 0 Å². The number of hydrogen-bond donors (Lipinski definition) is 0. The highest BCUT2D eigenvalue weighted by atomic mass is 14.2. The normalized spacial score (nSPS) is 18.2. The van der Waals surface area contributed by atoms with Gasteiger partial charge in [0.25, 0.3) is 0 Å². The lowest BCUT2D eigenvalue weighted by molar-refractivity contribution is 0.510. The molecule has 0 nitrogen and oxygen atoms in total. The molecule has 0 amide bonds. The van der Waals surface area contributed by atoms with Crippen molar-refractivity contribution in [2.24, 2.45) is 5.92 Å². The Morgan fingerprint density at radius 3 is 2.45 bits per heavy atom. The van der Waals surface area contributed by atoms with Gasteiger partial charge in [0, 0.05) is 0 Å². The van der Waals surface area contributed by atoms with Crippen LogP contribution in [0.1, 0.15) is 72.6 Å². The minimum absolute atomic E-state index is 0.729. The van der Waals surface area contributed by atoms with Gasteiger partial charge in [0.1, 0.15) is 0 Å². The third-order valence-electron chi connectivity index (χ3n) is 4.07. The molecule has 0 aromatic rings. The Kier molecular flexibility index (Phi) is 7.65. The standard InChI is InChI=1S/C20H32/c1-16(2)9-6-11-18(5)20-14-8-13-19(15-20)12-7-10-17(3)4/h9-10,13,20H,5-8,11-12,14-15H2,1-4H3/t20-/m1/s1. The first kappa shape index (κ1) is 17.0. The second-order valence-corrected chi connectivity index (χ2v) is 6.64. The lowest BCUT2D eigenvalue weighted by Gasteiger charge is -2.24. The zero-order valence-corrected chi connectivity index (χ0v) is 14.0. The van der Waals surface area contributed by atoms with Crippen molar-refractivity contribution in [1.82, 2.24) is 0 Å². The molecule has 0 spiro atoms. The molecule has 1 aliphatic rings. The van der Waals surface area contributed by atoms with Gasteiger partial charge in [-0.2, -0.15) is 0 Å². The highest BCUT2D eigenvalue weighted by Crippen LogP contribution is 2.33. The van der Waals surface area contributed by atoms with Crippen LogP contribution in [0.25, 0.3) is 0 Å². The zero-order valence-electron chi connectivity index (χ0n) is 14.0. The van der Waals surface area contributed by atoms with Crippen molar-refractivity contribution < 1.29 is 0 Å². The molecule has 1 rings (SSSR count). The van der Waals surface area contributed by atoms with Gasteiger partial charge < -0.3 is 0 Å². The monoisotopic (exact) mass is 272 g/mol.